The van der Waals surface area contributed by atoms with Crippen molar-refractivity contribution in [1.29, 1.82) is 0 Å². The summed E-state index contributed by atoms with van der Waals surface area (Å²) < 4.78 is 62.7. The Morgan fingerprint density at radius 3 is 1.86 bits per heavy atom. The zero-order chi connectivity index (χ0) is 37.3. The number of rotatable bonds is 22. The number of phosphoric acid groups is 1. The van der Waals surface area contributed by atoms with Crippen molar-refractivity contribution in [2.45, 2.75) is 124 Å². The van der Waals surface area contributed by atoms with Crippen LogP contribution < -0.4 is 0 Å². The first-order valence-electron chi connectivity index (χ1n) is 17.7. The summed E-state index contributed by atoms with van der Waals surface area (Å²) in [6.45, 7) is 10.6. The number of ketones is 1. The van der Waals surface area contributed by atoms with Gasteiger partial charge in [0, 0.05) is 6.42 Å². The summed E-state index contributed by atoms with van der Waals surface area (Å²) in [6.07, 6.45) is -3.93. The summed E-state index contributed by atoms with van der Waals surface area (Å²) in [5, 5.41) is 0. The maximum absolute atomic E-state index is 14.2. The van der Waals surface area contributed by atoms with E-state index in [9.17, 15) is 18.9 Å². The highest BCUT2D eigenvalue weighted by molar-refractivity contribution is 7.48. The van der Waals surface area contributed by atoms with Crippen LogP contribution in [-0.2, 0) is 69.4 Å². The number of hydrogen-bond acceptors (Lipinski definition) is 12. The van der Waals surface area contributed by atoms with Gasteiger partial charge in [0.2, 0.25) is 6.29 Å². The lowest BCUT2D eigenvalue weighted by molar-refractivity contribution is -0.301. The standard InChI is InChI=1S/C38H55O12P/c1-7-9-23-45-51(42,46-24-10-8-2)50-36-35(49-37(41)38(4,5)6)34(44-26-30-19-15-12-16-20-30)33(48-32(40)22-21-28(3)39)31(47-36)27-43-25-29-17-13-11-14-18-29/h11-20,31,33-36H,7-10,21-27H2,1-6H3/t31-,33-,34+,35-,36?/m1/s1. The van der Waals surface area contributed by atoms with Gasteiger partial charge in [-0.15, -0.1) is 0 Å². The molecule has 2 aromatic carbocycles. The molecule has 0 aliphatic carbocycles. The summed E-state index contributed by atoms with van der Waals surface area (Å²) in [4.78, 5) is 38.5. The Kier molecular flexibility index (Phi) is 17.9. The second-order valence-corrected chi connectivity index (χ2v) is 15.1. The first kappa shape index (κ1) is 42.5. The molecule has 0 bridgehead atoms. The summed E-state index contributed by atoms with van der Waals surface area (Å²) >= 11 is 0. The zero-order valence-electron chi connectivity index (χ0n) is 30.8. The molecule has 1 unspecified atom stereocenters. The molecule has 0 amide bonds. The molecule has 0 N–H and O–H groups in total. The third kappa shape index (κ3) is 14.9. The lowest BCUT2D eigenvalue weighted by Gasteiger charge is -2.45. The second-order valence-electron chi connectivity index (χ2n) is 13.5. The van der Waals surface area contributed by atoms with E-state index >= 15 is 0 Å². The molecule has 1 saturated heterocycles. The molecule has 5 atom stereocenters. The van der Waals surface area contributed by atoms with Gasteiger partial charge in [0.25, 0.3) is 0 Å². The van der Waals surface area contributed by atoms with Gasteiger partial charge in [-0.25, -0.2) is 4.57 Å². The molecule has 284 valence electrons. The monoisotopic (exact) mass is 734 g/mol. The first-order valence-corrected chi connectivity index (χ1v) is 19.2. The minimum Gasteiger partial charge on any atom is -0.457 e. The summed E-state index contributed by atoms with van der Waals surface area (Å²) in [5.74, 6) is -1.50. The molecule has 0 spiro atoms. The summed E-state index contributed by atoms with van der Waals surface area (Å²) in [5.41, 5.74) is 0.706. The smallest absolute Gasteiger partial charge is 0.457 e. The quantitative estimate of drug-likeness (QED) is 0.0671. The van der Waals surface area contributed by atoms with Crippen LogP contribution in [0.4, 0.5) is 0 Å². The Labute approximate surface area is 302 Å². The molecule has 2 aromatic rings. The molecular weight excluding hydrogens is 679 g/mol. The van der Waals surface area contributed by atoms with E-state index in [1.165, 1.54) is 6.92 Å². The lowest BCUT2D eigenvalue weighted by atomic mass is 9.95. The molecular formula is C38H55O12P. The second kappa shape index (κ2) is 21.5. The van der Waals surface area contributed by atoms with Crippen molar-refractivity contribution >= 4 is 25.5 Å². The molecule has 1 fully saturated rings. The molecule has 1 aliphatic rings. The Hall–Kier alpha value is -2.96. The SMILES string of the molecule is CCCCOP(=O)(OCCCC)OC1O[C@H](COCc2ccccc2)[C@@H](OC(=O)CCC(C)=O)[C@H](OCc2ccccc2)[C@H]1OC(=O)C(C)(C)C. The van der Waals surface area contributed by atoms with E-state index in [0.717, 1.165) is 24.0 Å². The molecule has 1 aliphatic heterocycles. The van der Waals surface area contributed by atoms with Crippen LogP contribution in [0.3, 0.4) is 0 Å². The maximum Gasteiger partial charge on any atom is 0.477 e. The van der Waals surface area contributed by atoms with Crippen LogP contribution in [0.1, 0.15) is 91.2 Å². The van der Waals surface area contributed by atoms with Crippen LogP contribution in [-0.4, -0.2) is 68.2 Å². The number of esters is 2. The van der Waals surface area contributed by atoms with Crippen LogP contribution in [0, 0.1) is 5.41 Å². The molecule has 51 heavy (non-hydrogen) atoms. The van der Waals surface area contributed by atoms with E-state index in [1.807, 2.05) is 74.5 Å². The Balaban J connectivity index is 2.08. The normalized spacial score (nSPS) is 20.9. The number of hydrogen-bond donors (Lipinski definition) is 0. The maximum atomic E-state index is 14.2. The van der Waals surface area contributed by atoms with E-state index in [4.69, 9.17) is 37.3 Å². The van der Waals surface area contributed by atoms with Crippen molar-refractivity contribution in [3.05, 3.63) is 71.8 Å². The fourth-order valence-electron chi connectivity index (χ4n) is 4.84. The predicted octanol–water partition coefficient (Wildman–Crippen LogP) is 7.51. The highest BCUT2D eigenvalue weighted by atomic mass is 31.2. The fraction of sp³-hybridized carbons (Fsp3) is 0.605. The zero-order valence-corrected chi connectivity index (χ0v) is 31.7. The van der Waals surface area contributed by atoms with Crippen molar-refractivity contribution in [2.75, 3.05) is 19.8 Å². The van der Waals surface area contributed by atoms with Crippen LogP contribution >= 0.6 is 7.82 Å². The topological polar surface area (TPSA) is 142 Å². The summed E-state index contributed by atoms with van der Waals surface area (Å²) in [6, 6.07) is 18.7. The largest absolute Gasteiger partial charge is 0.477 e. The van der Waals surface area contributed by atoms with Gasteiger partial charge in [0.05, 0.1) is 44.9 Å². The van der Waals surface area contributed by atoms with Gasteiger partial charge < -0.3 is 28.5 Å². The average Bonchev–Trinajstić information content (AvgIpc) is 3.09. The highest BCUT2D eigenvalue weighted by Gasteiger charge is 2.54. The third-order valence-corrected chi connectivity index (χ3v) is 9.27. The summed E-state index contributed by atoms with van der Waals surface area (Å²) in [7, 11) is -4.30. The Morgan fingerprint density at radius 1 is 0.765 bits per heavy atom. The highest BCUT2D eigenvalue weighted by Crippen LogP contribution is 2.53. The van der Waals surface area contributed by atoms with Gasteiger partial charge in [-0.05, 0) is 51.7 Å². The molecule has 12 nitrogen and oxygen atoms in total. The minimum atomic E-state index is -4.30. The van der Waals surface area contributed by atoms with E-state index in [1.54, 1.807) is 20.8 Å². The molecule has 13 heteroatoms. The lowest BCUT2D eigenvalue weighted by Crippen LogP contribution is -2.62. The van der Waals surface area contributed by atoms with Gasteiger partial charge >= 0.3 is 19.8 Å². The van der Waals surface area contributed by atoms with Crippen LogP contribution in [0.25, 0.3) is 0 Å². The van der Waals surface area contributed by atoms with Gasteiger partial charge in [0.15, 0.2) is 12.2 Å². The Morgan fingerprint density at radius 2 is 1.33 bits per heavy atom. The number of unbranched alkanes of at least 4 members (excludes halogenated alkanes) is 2. The molecule has 0 saturated carbocycles. The van der Waals surface area contributed by atoms with Crippen molar-refractivity contribution in [2.24, 2.45) is 5.41 Å². The van der Waals surface area contributed by atoms with Crippen molar-refractivity contribution in [3.8, 4) is 0 Å². The minimum absolute atomic E-state index is 0.0263. The van der Waals surface area contributed by atoms with E-state index in [0.29, 0.717) is 12.8 Å². The molecule has 0 aromatic heterocycles. The number of phosphoric ester groups is 1. The van der Waals surface area contributed by atoms with Crippen LogP contribution in [0.2, 0.25) is 0 Å². The van der Waals surface area contributed by atoms with Gasteiger partial charge in [-0.2, -0.15) is 0 Å². The first-order chi connectivity index (χ1) is 24.3. The Bertz CT molecular complexity index is 1370. The van der Waals surface area contributed by atoms with E-state index < -0.39 is 55.9 Å². The predicted molar refractivity (Wildman–Crippen MR) is 189 cm³/mol. The number of carbonyl (C=O) groups is 3. The van der Waals surface area contributed by atoms with E-state index in [-0.39, 0.29) is 51.7 Å². The number of ether oxygens (including phenoxy) is 5. The van der Waals surface area contributed by atoms with Gasteiger partial charge in [-0.1, -0.05) is 87.4 Å². The van der Waals surface area contributed by atoms with Gasteiger partial charge in [-0.3, -0.25) is 23.2 Å². The van der Waals surface area contributed by atoms with E-state index in [2.05, 4.69) is 0 Å². The molecule has 3 rings (SSSR count). The average molecular weight is 735 g/mol. The van der Waals surface area contributed by atoms with Gasteiger partial charge in [0.1, 0.15) is 18.0 Å². The van der Waals surface area contributed by atoms with Crippen molar-refractivity contribution in [1.82, 2.24) is 0 Å². The third-order valence-electron chi connectivity index (χ3n) is 7.80. The number of Topliss-reactive ketones (excluding diaryl/α,β-unsaturated/α-hetero) is 1. The van der Waals surface area contributed by atoms with Crippen molar-refractivity contribution in [3.63, 3.8) is 0 Å². The molecule has 0 radical (unpaired) electrons. The van der Waals surface area contributed by atoms with Crippen LogP contribution in [0.5, 0.6) is 0 Å². The molecule has 1 heterocycles. The fourth-order valence-corrected chi connectivity index (χ4v) is 6.17. The number of benzene rings is 2. The van der Waals surface area contributed by atoms with Crippen molar-refractivity contribution < 1.29 is 56.2 Å². The number of carbonyl (C=O) groups excluding carboxylic acids is 3. The van der Waals surface area contributed by atoms with Crippen LogP contribution in [0.15, 0.2) is 60.7 Å².